The lowest BCUT2D eigenvalue weighted by Gasteiger charge is -2.14. The van der Waals surface area contributed by atoms with Gasteiger partial charge in [0, 0.05) is 11.8 Å². The minimum atomic E-state index is -1.09. The first-order valence-electron chi connectivity index (χ1n) is 7.10. The summed E-state index contributed by atoms with van der Waals surface area (Å²) in [4.78, 5) is 24.8. The summed E-state index contributed by atoms with van der Waals surface area (Å²) >= 11 is 0. The summed E-state index contributed by atoms with van der Waals surface area (Å²) < 4.78 is 4.88. The largest absolute Gasteiger partial charge is 0.360 e. The molecule has 1 aromatic heterocycles. The maximum Gasteiger partial charge on any atom is 0.241 e. The number of hydrogen-bond donors (Lipinski definition) is 2. The molecule has 1 saturated carbocycles. The predicted octanol–water partition coefficient (Wildman–Crippen LogP) is 2.21. The highest BCUT2D eigenvalue weighted by atomic mass is 16.5. The number of nitrogens with zero attached hydrogens (tertiary/aromatic N) is 2. The maximum absolute atomic E-state index is 12.4. The molecule has 2 amide bonds. The van der Waals surface area contributed by atoms with Gasteiger partial charge in [-0.25, -0.2) is 0 Å². The molecule has 2 aromatic rings. The van der Waals surface area contributed by atoms with Crippen LogP contribution in [-0.4, -0.2) is 17.0 Å². The first kappa shape index (κ1) is 14.8. The molecule has 1 fully saturated rings. The number of nitriles is 1. The second kappa shape index (κ2) is 5.57. The van der Waals surface area contributed by atoms with Crippen LogP contribution in [0.1, 0.15) is 24.2 Å². The smallest absolute Gasteiger partial charge is 0.241 e. The number of carbonyl (C=O) groups excluding carboxylic acids is 2. The Kier molecular flexibility index (Phi) is 3.58. The summed E-state index contributed by atoms with van der Waals surface area (Å²) in [6, 6.07) is 10.1. The average Bonchev–Trinajstić information content (AvgIpc) is 3.26. The Hall–Kier alpha value is -3.14. The van der Waals surface area contributed by atoms with E-state index in [0.29, 0.717) is 29.9 Å². The highest BCUT2D eigenvalue weighted by molar-refractivity contribution is 6.16. The van der Waals surface area contributed by atoms with E-state index in [1.54, 1.807) is 37.3 Å². The Morgan fingerprint density at radius 1 is 1.26 bits per heavy atom. The zero-order valence-corrected chi connectivity index (χ0v) is 12.4. The van der Waals surface area contributed by atoms with Crippen molar-refractivity contribution in [3.8, 4) is 6.07 Å². The minimum absolute atomic E-state index is 0.290. The van der Waals surface area contributed by atoms with Crippen LogP contribution < -0.4 is 10.6 Å². The van der Waals surface area contributed by atoms with Gasteiger partial charge in [0.15, 0.2) is 5.82 Å². The molecule has 0 unspecified atom stereocenters. The number of aromatic nitrogens is 1. The van der Waals surface area contributed by atoms with E-state index in [9.17, 15) is 9.59 Å². The molecular formula is C16H14N4O3. The highest BCUT2D eigenvalue weighted by Gasteiger charge is 2.56. The lowest BCUT2D eigenvalue weighted by atomic mass is 10.0. The molecule has 3 rings (SSSR count). The van der Waals surface area contributed by atoms with Gasteiger partial charge in [-0.2, -0.15) is 5.26 Å². The third-order valence-electron chi connectivity index (χ3n) is 3.74. The minimum Gasteiger partial charge on any atom is -0.360 e. The lowest BCUT2D eigenvalue weighted by molar-refractivity contribution is -0.131. The van der Waals surface area contributed by atoms with Crippen LogP contribution >= 0.6 is 0 Å². The van der Waals surface area contributed by atoms with Crippen molar-refractivity contribution in [2.75, 3.05) is 10.6 Å². The summed E-state index contributed by atoms with van der Waals surface area (Å²) in [5.74, 6) is 0.0750. The van der Waals surface area contributed by atoms with Crippen molar-refractivity contribution >= 4 is 23.3 Å². The Bertz CT molecular complexity index is 815. The summed E-state index contributed by atoms with van der Waals surface area (Å²) in [5, 5.41) is 17.9. The molecule has 1 aromatic carbocycles. The summed E-state index contributed by atoms with van der Waals surface area (Å²) in [6.45, 7) is 1.71. The number of hydrogen-bond acceptors (Lipinski definition) is 5. The molecule has 1 aliphatic rings. The standard InChI is InChI=1S/C16H14N4O3/c1-10-7-13(20-23-10)19-15(22)16(5-6-16)14(21)18-12-4-2-3-11(8-12)9-17/h2-4,7-8H,5-6H2,1H3,(H,18,21)(H,19,20,22). The summed E-state index contributed by atoms with van der Waals surface area (Å²) in [7, 11) is 0. The second-order valence-electron chi connectivity index (χ2n) is 5.51. The number of anilines is 2. The number of aryl methyl sites for hydroxylation is 1. The van der Waals surface area contributed by atoms with Crippen LogP contribution in [0.4, 0.5) is 11.5 Å². The molecular weight excluding hydrogens is 296 g/mol. The van der Waals surface area contributed by atoms with E-state index in [-0.39, 0.29) is 11.7 Å². The van der Waals surface area contributed by atoms with E-state index in [0.717, 1.165) is 0 Å². The SMILES string of the molecule is Cc1cc(NC(=O)C2(C(=O)Nc3cccc(C#N)c3)CC2)no1. The van der Waals surface area contributed by atoms with Crippen molar-refractivity contribution < 1.29 is 14.1 Å². The first-order chi connectivity index (χ1) is 11.0. The number of benzene rings is 1. The average molecular weight is 310 g/mol. The molecule has 0 atom stereocenters. The summed E-state index contributed by atoms with van der Waals surface area (Å²) in [6.07, 6.45) is 0.943. The van der Waals surface area contributed by atoms with Crippen molar-refractivity contribution in [3.63, 3.8) is 0 Å². The second-order valence-corrected chi connectivity index (χ2v) is 5.51. The Labute approximate surface area is 132 Å². The molecule has 0 bridgehead atoms. The van der Waals surface area contributed by atoms with Gasteiger partial charge in [-0.15, -0.1) is 0 Å². The van der Waals surface area contributed by atoms with Crippen LogP contribution in [0, 0.1) is 23.7 Å². The molecule has 0 saturated heterocycles. The third-order valence-corrected chi connectivity index (χ3v) is 3.74. The molecule has 0 radical (unpaired) electrons. The fourth-order valence-electron chi connectivity index (χ4n) is 2.26. The molecule has 2 N–H and O–H groups in total. The number of nitrogens with one attached hydrogen (secondary N) is 2. The first-order valence-corrected chi connectivity index (χ1v) is 7.10. The van der Waals surface area contributed by atoms with Crippen LogP contribution in [0.2, 0.25) is 0 Å². The fraction of sp³-hybridized carbons (Fsp3) is 0.250. The number of rotatable bonds is 4. The van der Waals surface area contributed by atoms with Gasteiger partial charge in [0.1, 0.15) is 11.2 Å². The van der Waals surface area contributed by atoms with Crippen LogP contribution in [0.5, 0.6) is 0 Å². The molecule has 23 heavy (non-hydrogen) atoms. The normalized spacial score (nSPS) is 14.6. The van der Waals surface area contributed by atoms with Crippen LogP contribution in [0.3, 0.4) is 0 Å². The van der Waals surface area contributed by atoms with Gasteiger partial charge in [0.25, 0.3) is 0 Å². The fourth-order valence-corrected chi connectivity index (χ4v) is 2.26. The molecule has 0 aliphatic heterocycles. The van der Waals surface area contributed by atoms with Gasteiger partial charge < -0.3 is 15.2 Å². The lowest BCUT2D eigenvalue weighted by Crippen LogP contribution is -2.35. The molecule has 1 aliphatic carbocycles. The molecule has 0 spiro atoms. The zero-order chi connectivity index (χ0) is 16.4. The third kappa shape index (κ3) is 2.92. The van der Waals surface area contributed by atoms with Gasteiger partial charge in [0.2, 0.25) is 11.8 Å². The molecule has 7 nitrogen and oxygen atoms in total. The van der Waals surface area contributed by atoms with Crippen molar-refractivity contribution in [1.29, 1.82) is 5.26 Å². The van der Waals surface area contributed by atoms with Crippen molar-refractivity contribution in [1.82, 2.24) is 5.16 Å². The quantitative estimate of drug-likeness (QED) is 0.842. The van der Waals surface area contributed by atoms with Gasteiger partial charge in [-0.05, 0) is 38.0 Å². The van der Waals surface area contributed by atoms with Crippen molar-refractivity contribution in [2.45, 2.75) is 19.8 Å². The van der Waals surface area contributed by atoms with E-state index >= 15 is 0 Å². The van der Waals surface area contributed by atoms with Gasteiger partial charge >= 0.3 is 0 Å². The van der Waals surface area contributed by atoms with E-state index in [1.165, 1.54) is 0 Å². The highest BCUT2D eigenvalue weighted by Crippen LogP contribution is 2.47. The van der Waals surface area contributed by atoms with E-state index in [2.05, 4.69) is 15.8 Å². The zero-order valence-electron chi connectivity index (χ0n) is 12.4. The predicted molar refractivity (Wildman–Crippen MR) is 81.3 cm³/mol. The Morgan fingerprint density at radius 2 is 2.00 bits per heavy atom. The molecule has 7 heteroatoms. The number of amides is 2. The van der Waals surface area contributed by atoms with Crippen LogP contribution in [0.15, 0.2) is 34.9 Å². The van der Waals surface area contributed by atoms with E-state index in [1.807, 2.05) is 6.07 Å². The maximum atomic E-state index is 12.4. The van der Waals surface area contributed by atoms with Crippen molar-refractivity contribution in [3.05, 3.63) is 41.7 Å². The van der Waals surface area contributed by atoms with Gasteiger partial charge in [0.05, 0.1) is 11.6 Å². The van der Waals surface area contributed by atoms with E-state index < -0.39 is 11.3 Å². The Morgan fingerprint density at radius 3 is 2.61 bits per heavy atom. The topological polar surface area (TPSA) is 108 Å². The van der Waals surface area contributed by atoms with Gasteiger partial charge in [-0.1, -0.05) is 11.2 Å². The number of carbonyl (C=O) groups is 2. The van der Waals surface area contributed by atoms with E-state index in [4.69, 9.17) is 9.78 Å². The monoisotopic (exact) mass is 310 g/mol. The van der Waals surface area contributed by atoms with Crippen LogP contribution in [-0.2, 0) is 9.59 Å². The van der Waals surface area contributed by atoms with Crippen LogP contribution in [0.25, 0.3) is 0 Å². The molecule has 116 valence electrons. The molecule has 1 heterocycles. The van der Waals surface area contributed by atoms with Crippen molar-refractivity contribution in [2.24, 2.45) is 5.41 Å². The summed E-state index contributed by atoms with van der Waals surface area (Å²) in [5.41, 5.74) is -0.157. The van der Waals surface area contributed by atoms with Gasteiger partial charge in [-0.3, -0.25) is 9.59 Å². The Balaban J connectivity index is 1.70.